The Morgan fingerprint density at radius 1 is 0.479 bits per heavy atom. The maximum absolute atomic E-state index is 13.5. The Morgan fingerprint density at radius 3 is 1.29 bits per heavy atom. The lowest BCUT2D eigenvalue weighted by molar-refractivity contribution is -0.140. The first-order valence-corrected chi connectivity index (χ1v) is 17.1. The molecule has 0 aliphatic rings. The molecule has 5 amide bonds. The highest BCUT2D eigenvalue weighted by Crippen LogP contribution is 2.15. The van der Waals surface area contributed by atoms with Crippen LogP contribution in [0.4, 0.5) is 0 Å². The number of aliphatic hydroxyl groups excluding tert-OH is 2. The average molecular weight is 686 g/mol. The van der Waals surface area contributed by atoms with Crippen molar-refractivity contribution in [2.24, 2.45) is 29.6 Å². The molecule has 8 N–H and O–H groups in total. The second kappa shape index (κ2) is 21.7. The molecule has 0 rings (SSSR count). The number of carbonyl (C=O) groups excluding carboxylic acids is 5. The minimum atomic E-state index is -1.33. The van der Waals surface area contributed by atoms with E-state index < -0.39 is 84.9 Å². The van der Waals surface area contributed by atoms with Crippen molar-refractivity contribution in [2.75, 3.05) is 0 Å². The fraction of sp³-hybridized carbons (Fsp3) is 0.824. The Morgan fingerprint density at radius 2 is 0.875 bits per heavy atom. The number of amides is 5. The Kier molecular flexibility index (Phi) is 20.2. The van der Waals surface area contributed by atoms with E-state index in [-0.39, 0.29) is 41.9 Å². The van der Waals surface area contributed by atoms with Crippen LogP contribution in [-0.2, 0) is 28.8 Å². The number of carboxylic acids is 1. The van der Waals surface area contributed by atoms with Gasteiger partial charge < -0.3 is 41.9 Å². The van der Waals surface area contributed by atoms with Crippen LogP contribution < -0.4 is 26.6 Å². The predicted molar refractivity (Wildman–Crippen MR) is 182 cm³/mol. The van der Waals surface area contributed by atoms with Crippen molar-refractivity contribution < 1.29 is 44.1 Å². The average Bonchev–Trinajstić information content (AvgIpc) is 2.91. The topological polar surface area (TPSA) is 223 Å². The van der Waals surface area contributed by atoms with Gasteiger partial charge in [0.15, 0.2) is 0 Å². The summed E-state index contributed by atoms with van der Waals surface area (Å²) >= 11 is 0. The van der Waals surface area contributed by atoms with Crippen LogP contribution in [-0.4, -0.2) is 93.2 Å². The summed E-state index contributed by atoms with van der Waals surface area (Å²) in [5.41, 5.74) is 0. The lowest BCUT2D eigenvalue weighted by Crippen LogP contribution is -2.59. The summed E-state index contributed by atoms with van der Waals surface area (Å²) in [6.07, 6.45) is -2.76. The number of carbonyl (C=O) groups is 6. The molecule has 0 saturated heterocycles. The minimum absolute atomic E-state index is 0.0152. The quantitative estimate of drug-likeness (QED) is 0.0825. The van der Waals surface area contributed by atoms with Crippen molar-refractivity contribution in [1.82, 2.24) is 26.6 Å². The Labute approximate surface area is 286 Å². The molecule has 0 fully saturated rings. The molecule has 0 radical (unpaired) electrons. The van der Waals surface area contributed by atoms with Crippen LogP contribution in [0.3, 0.4) is 0 Å². The number of carboxylic acid groups (broad SMARTS) is 1. The fourth-order valence-corrected chi connectivity index (χ4v) is 5.16. The Balaban J connectivity index is 5.60. The maximum atomic E-state index is 13.5. The highest BCUT2D eigenvalue weighted by molar-refractivity contribution is 5.92. The summed E-state index contributed by atoms with van der Waals surface area (Å²) in [6.45, 7) is 19.8. The predicted octanol–water partition coefficient (Wildman–Crippen LogP) is 1.47. The summed E-state index contributed by atoms with van der Waals surface area (Å²) in [6, 6.07) is -4.61. The third kappa shape index (κ3) is 17.8. The normalized spacial score (nSPS) is 16.1. The van der Waals surface area contributed by atoms with Crippen LogP contribution in [0.15, 0.2) is 0 Å². The SMILES string of the molecule is CC(C)CC(=O)NC(C(=O)NC(C(=O)N[C@@H](CC(C)C)[C@@H](O)CC(=O)NC(C)C(=O)N[C@@H](CC(C)C)[C@@H](O)CC(=O)O)C(C)C)C(C)C. The summed E-state index contributed by atoms with van der Waals surface area (Å²) in [5, 5.41) is 43.9. The molecule has 0 aromatic rings. The highest BCUT2D eigenvalue weighted by Gasteiger charge is 2.34. The molecule has 0 saturated carbocycles. The first-order chi connectivity index (χ1) is 22.0. The standard InChI is InChI=1S/C34H63N5O9/c1-17(2)12-23(37-33(47)31(21(9)10)39-34(48)30(20(7)8)38-27(42)14-19(5)6)25(40)15-28(43)35-22(11)32(46)36-24(13-18(3)4)26(41)16-29(44)45/h17-26,30-31,40-41H,12-16H2,1-11H3,(H,35,43)(H,36,46)(H,37,47)(H,38,42)(H,39,48)(H,44,45)/t22?,23-,24-,25-,26-,30?,31?/m0/s1. The van der Waals surface area contributed by atoms with Crippen molar-refractivity contribution in [3.8, 4) is 0 Å². The number of nitrogens with one attached hydrogen (secondary N) is 5. The third-order valence-corrected chi connectivity index (χ3v) is 7.69. The first-order valence-electron chi connectivity index (χ1n) is 17.1. The molecule has 14 nitrogen and oxygen atoms in total. The van der Waals surface area contributed by atoms with Gasteiger partial charge in [-0.25, -0.2) is 0 Å². The molecular formula is C34H63N5O9. The van der Waals surface area contributed by atoms with Gasteiger partial charge in [-0.05, 0) is 49.4 Å². The van der Waals surface area contributed by atoms with E-state index in [9.17, 15) is 39.0 Å². The number of hydrogen-bond acceptors (Lipinski definition) is 8. The molecule has 0 spiro atoms. The van der Waals surface area contributed by atoms with Gasteiger partial charge in [0, 0.05) is 6.42 Å². The van der Waals surface area contributed by atoms with Gasteiger partial charge in [0.1, 0.15) is 18.1 Å². The second-order valence-electron chi connectivity index (χ2n) is 14.8. The van der Waals surface area contributed by atoms with Gasteiger partial charge in [-0.1, -0.05) is 69.2 Å². The lowest BCUT2D eigenvalue weighted by atomic mass is 9.95. The van der Waals surface area contributed by atoms with Gasteiger partial charge in [0.2, 0.25) is 29.5 Å². The lowest BCUT2D eigenvalue weighted by Gasteiger charge is -2.31. The molecule has 0 aliphatic heterocycles. The zero-order valence-corrected chi connectivity index (χ0v) is 30.8. The molecule has 3 unspecified atom stereocenters. The van der Waals surface area contributed by atoms with Crippen LogP contribution in [0.1, 0.15) is 108 Å². The molecule has 0 aliphatic carbocycles. The Bertz CT molecular complexity index is 1060. The fourth-order valence-electron chi connectivity index (χ4n) is 5.16. The largest absolute Gasteiger partial charge is 0.481 e. The molecule has 14 heteroatoms. The van der Waals surface area contributed by atoms with Crippen molar-refractivity contribution in [3.05, 3.63) is 0 Å². The van der Waals surface area contributed by atoms with Gasteiger partial charge in [-0.3, -0.25) is 28.8 Å². The molecule has 0 bridgehead atoms. The van der Waals surface area contributed by atoms with Gasteiger partial charge >= 0.3 is 5.97 Å². The van der Waals surface area contributed by atoms with Crippen LogP contribution in [0.25, 0.3) is 0 Å². The summed E-state index contributed by atoms with van der Waals surface area (Å²) in [7, 11) is 0. The van der Waals surface area contributed by atoms with Gasteiger partial charge in [-0.2, -0.15) is 0 Å². The highest BCUT2D eigenvalue weighted by atomic mass is 16.4. The van der Waals surface area contributed by atoms with Crippen LogP contribution in [0, 0.1) is 29.6 Å². The molecule has 48 heavy (non-hydrogen) atoms. The molecular weight excluding hydrogens is 622 g/mol. The van der Waals surface area contributed by atoms with E-state index in [2.05, 4.69) is 26.6 Å². The van der Waals surface area contributed by atoms with Crippen molar-refractivity contribution >= 4 is 35.5 Å². The van der Waals surface area contributed by atoms with E-state index in [0.29, 0.717) is 12.8 Å². The minimum Gasteiger partial charge on any atom is -0.481 e. The molecule has 278 valence electrons. The van der Waals surface area contributed by atoms with E-state index in [4.69, 9.17) is 5.11 Å². The van der Waals surface area contributed by atoms with E-state index in [1.807, 2.05) is 41.5 Å². The van der Waals surface area contributed by atoms with Crippen molar-refractivity contribution in [3.63, 3.8) is 0 Å². The van der Waals surface area contributed by atoms with Gasteiger partial charge in [0.05, 0.1) is 37.1 Å². The molecule has 7 atom stereocenters. The third-order valence-electron chi connectivity index (χ3n) is 7.69. The van der Waals surface area contributed by atoms with Crippen LogP contribution in [0.2, 0.25) is 0 Å². The zero-order chi connectivity index (χ0) is 37.5. The number of aliphatic carboxylic acids is 1. The number of rotatable bonds is 22. The monoisotopic (exact) mass is 685 g/mol. The Hall–Kier alpha value is -3.26. The number of aliphatic hydroxyl groups is 2. The van der Waals surface area contributed by atoms with Crippen LogP contribution in [0.5, 0.6) is 0 Å². The maximum Gasteiger partial charge on any atom is 0.306 e. The smallest absolute Gasteiger partial charge is 0.306 e. The van der Waals surface area contributed by atoms with Gasteiger partial charge in [-0.15, -0.1) is 0 Å². The molecule has 0 aromatic heterocycles. The molecule has 0 aromatic carbocycles. The summed E-state index contributed by atoms with van der Waals surface area (Å²) in [5.74, 6) is -4.25. The molecule has 0 heterocycles. The van der Waals surface area contributed by atoms with E-state index in [1.54, 1.807) is 27.7 Å². The zero-order valence-electron chi connectivity index (χ0n) is 30.8. The van der Waals surface area contributed by atoms with Crippen LogP contribution >= 0.6 is 0 Å². The summed E-state index contributed by atoms with van der Waals surface area (Å²) < 4.78 is 0. The van der Waals surface area contributed by atoms with E-state index in [0.717, 1.165) is 0 Å². The number of hydrogen-bond donors (Lipinski definition) is 8. The second-order valence-corrected chi connectivity index (χ2v) is 14.8. The van der Waals surface area contributed by atoms with Gasteiger partial charge in [0.25, 0.3) is 0 Å². The van der Waals surface area contributed by atoms with Crippen molar-refractivity contribution in [2.45, 2.75) is 151 Å². The van der Waals surface area contributed by atoms with Crippen molar-refractivity contribution in [1.29, 1.82) is 0 Å². The van der Waals surface area contributed by atoms with E-state index >= 15 is 0 Å². The first kappa shape index (κ1) is 44.7. The van der Waals surface area contributed by atoms with E-state index in [1.165, 1.54) is 6.92 Å². The summed E-state index contributed by atoms with van der Waals surface area (Å²) in [4.78, 5) is 75.9.